The van der Waals surface area contributed by atoms with Gasteiger partial charge in [0.05, 0.1) is 13.1 Å². The molecule has 0 aromatic heterocycles. The molecule has 1 saturated heterocycles. The average molecular weight is 345 g/mol. The summed E-state index contributed by atoms with van der Waals surface area (Å²) < 4.78 is 0. The van der Waals surface area contributed by atoms with Gasteiger partial charge in [0, 0.05) is 18.8 Å². The van der Waals surface area contributed by atoms with Gasteiger partial charge < -0.3 is 10.6 Å². The van der Waals surface area contributed by atoms with Crippen LogP contribution < -0.4 is 10.6 Å². The summed E-state index contributed by atoms with van der Waals surface area (Å²) in [6, 6.07) is 4.08. The number of nitrogens with zero attached hydrogens (tertiary/aromatic N) is 1. The number of hydrogen-bond donors (Lipinski definition) is 2. The molecule has 0 unspecified atom stereocenters. The number of amides is 2. The van der Waals surface area contributed by atoms with Gasteiger partial charge in [0.2, 0.25) is 11.8 Å². The molecule has 25 heavy (non-hydrogen) atoms. The van der Waals surface area contributed by atoms with Gasteiger partial charge in [-0.15, -0.1) is 0 Å². The lowest BCUT2D eigenvalue weighted by atomic mass is 9.92. The normalized spacial score (nSPS) is 21.0. The van der Waals surface area contributed by atoms with E-state index in [2.05, 4.69) is 29.4 Å². The van der Waals surface area contributed by atoms with Crippen molar-refractivity contribution >= 4 is 17.5 Å². The third kappa shape index (κ3) is 5.85. The van der Waals surface area contributed by atoms with E-state index in [9.17, 15) is 9.59 Å². The average Bonchev–Trinajstić information content (AvgIpc) is 2.47. The fourth-order valence-electron chi connectivity index (χ4n) is 3.92. The first-order chi connectivity index (χ1) is 11.7. The summed E-state index contributed by atoms with van der Waals surface area (Å²) in [6.07, 6.45) is 1.22. The molecule has 0 radical (unpaired) electrons. The van der Waals surface area contributed by atoms with Gasteiger partial charge in [-0.25, -0.2) is 0 Å². The highest BCUT2D eigenvalue weighted by atomic mass is 16.2. The number of benzene rings is 1. The topological polar surface area (TPSA) is 61.4 Å². The number of piperidine rings is 1. The highest BCUT2D eigenvalue weighted by Crippen LogP contribution is 2.22. The molecule has 1 fully saturated rings. The molecular formula is C20H31N3O2. The third-order valence-corrected chi connectivity index (χ3v) is 4.70. The van der Waals surface area contributed by atoms with E-state index >= 15 is 0 Å². The van der Waals surface area contributed by atoms with Crippen molar-refractivity contribution < 1.29 is 9.59 Å². The molecule has 2 N–H and O–H groups in total. The van der Waals surface area contributed by atoms with E-state index in [1.54, 1.807) is 0 Å². The summed E-state index contributed by atoms with van der Waals surface area (Å²) in [5.74, 6) is 0.956. The molecule has 5 heteroatoms. The van der Waals surface area contributed by atoms with Crippen LogP contribution in [0.2, 0.25) is 0 Å². The Kier molecular flexibility index (Phi) is 6.59. The molecular weight excluding hydrogens is 314 g/mol. The van der Waals surface area contributed by atoms with Crippen molar-refractivity contribution in [2.75, 3.05) is 31.5 Å². The maximum Gasteiger partial charge on any atom is 0.243 e. The molecule has 0 saturated carbocycles. The van der Waals surface area contributed by atoms with Gasteiger partial charge in [0.1, 0.15) is 0 Å². The Hall–Kier alpha value is -1.88. The van der Waals surface area contributed by atoms with Crippen LogP contribution in [0, 0.1) is 32.6 Å². The largest absolute Gasteiger partial charge is 0.346 e. The molecule has 0 spiro atoms. The van der Waals surface area contributed by atoms with Gasteiger partial charge >= 0.3 is 0 Å². The minimum Gasteiger partial charge on any atom is -0.346 e. The van der Waals surface area contributed by atoms with Crippen LogP contribution >= 0.6 is 0 Å². The summed E-state index contributed by atoms with van der Waals surface area (Å²) >= 11 is 0. The lowest BCUT2D eigenvalue weighted by Crippen LogP contribution is -2.45. The Morgan fingerprint density at radius 3 is 2.16 bits per heavy atom. The fraction of sp³-hybridized carbons (Fsp3) is 0.600. The minimum absolute atomic E-state index is 0.00450. The maximum atomic E-state index is 12.2. The molecule has 2 amide bonds. The van der Waals surface area contributed by atoms with Gasteiger partial charge in [-0.3, -0.25) is 14.5 Å². The molecule has 138 valence electrons. The molecule has 5 nitrogen and oxygen atoms in total. The SMILES string of the molecule is Cc1cc(C)c(NC(=O)CNC(=O)CN2C[C@H](C)C[C@@H](C)C2)c(C)c1. The molecule has 0 bridgehead atoms. The van der Waals surface area contributed by atoms with E-state index in [4.69, 9.17) is 0 Å². The van der Waals surface area contributed by atoms with E-state index in [1.165, 1.54) is 12.0 Å². The van der Waals surface area contributed by atoms with Crippen LogP contribution in [-0.4, -0.2) is 42.9 Å². The standard InChI is InChI=1S/C20H31N3O2/c1-13-7-16(4)20(17(5)8-13)22-18(24)9-21-19(25)12-23-10-14(2)6-15(3)11-23/h7-8,14-15H,6,9-12H2,1-5H3,(H,21,25)(H,22,24)/t14-,15-/m1/s1. The van der Waals surface area contributed by atoms with Crippen LogP contribution in [0.1, 0.15) is 37.0 Å². The first kappa shape index (κ1) is 19.4. The van der Waals surface area contributed by atoms with Crippen LogP contribution in [0.4, 0.5) is 5.69 Å². The van der Waals surface area contributed by atoms with Crippen LogP contribution in [0.5, 0.6) is 0 Å². The number of likely N-dealkylation sites (tertiary alicyclic amines) is 1. The van der Waals surface area contributed by atoms with Crippen molar-refractivity contribution in [1.82, 2.24) is 10.2 Å². The second kappa shape index (κ2) is 8.48. The van der Waals surface area contributed by atoms with Crippen molar-refractivity contribution in [1.29, 1.82) is 0 Å². The molecule has 1 aromatic rings. The van der Waals surface area contributed by atoms with Crippen molar-refractivity contribution in [2.45, 2.75) is 41.0 Å². The van der Waals surface area contributed by atoms with E-state index in [0.29, 0.717) is 18.4 Å². The van der Waals surface area contributed by atoms with E-state index < -0.39 is 0 Å². The number of anilines is 1. The summed E-state index contributed by atoms with van der Waals surface area (Å²) in [6.45, 7) is 12.7. The summed E-state index contributed by atoms with van der Waals surface area (Å²) in [7, 11) is 0. The van der Waals surface area contributed by atoms with Crippen LogP contribution in [0.15, 0.2) is 12.1 Å². The van der Waals surface area contributed by atoms with Crippen molar-refractivity contribution in [2.24, 2.45) is 11.8 Å². The highest BCUT2D eigenvalue weighted by molar-refractivity contribution is 5.96. The predicted molar refractivity (Wildman–Crippen MR) is 102 cm³/mol. The molecule has 1 aliphatic heterocycles. The number of nitrogens with one attached hydrogen (secondary N) is 2. The number of carbonyl (C=O) groups excluding carboxylic acids is 2. The number of rotatable bonds is 5. The molecule has 1 aromatic carbocycles. The Morgan fingerprint density at radius 1 is 1.04 bits per heavy atom. The smallest absolute Gasteiger partial charge is 0.243 e. The molecule has 2 rings (SSSR count). The molecule has 1 heterocycles. The zero-order valence-electron chi connectivity index (χ0n) is 16.1. The van der Waals surface area contributed by atoms with Crippen LogP contribution in [0.3, 0.4) is 0 Å². The summed E-state index contributed by atoms with van der Waals surface area (Å²) in [5.41, 5.74) is 4.08. The lowest BCUT2D eigenvalue weighted by molar-refractivity contribution is -0.125. The second-order valence-electron chi connectivity index (χ2n) is 7.74. The minimum atomic E-state index is -0.191. The zero-order chi connectivity index (χ0) is 18.6. The van der Waals surface area contributed by atoms with Crippen LogP contribution in [-0.2, 0) is 9.59 Å². The van der Waals surface area contributed by atoms with Crippen molar-refractivity contribution in [3.63, 3.8) is 0 Å². The molecule has 2 atom stereocenters. The Labute approximate surface area is 151 Å². The predicted octanol–water partition coefficient (Wildman–Crippen LogP) is 2.64. The Balaban J connectivity index is 1.81. The molecule has 1 aliphatic rings. The van der Waals surface area contributed by atoms with Gasteiger partial charge in [0.25, 0.3) is 0 Å². The molecule has 0 aliphatic carbocycles. The van der Waals surface area contributed by atoms with Crippen molar-refractivity contribution in [3.05, 3.63) is 28.8 Å². The second-order valence-corrected chi connectivity index (χ2v) is 7.74. The lowest BCUT2D eigenvalue weighted by Gasteiger charge is -2.34. The van der Waals surface area contributed by atoms with Gasteiger partial charge in [-0.05, 0) is 50.2 Å². The van der Waals surface area contributed by atoms with E-state index in [0.717, 1.165) is 29.9 Å². The van der Waals surface area contributed by atoms with Gasteiger partial charge in [-0.2, -0.15) is 0 Å². The Bertz CT molecular complexity index is 609. The fourth-order valence-corrected chi connectivity index (χ4v) is 3.92. The van der Waals surface area contributed by atoms with E-state index in [1.807, 2.05) is 32.9 Å². The van der Waals surface area contributed by atoms with E-state index in [-0.39, 0.29) is 18.4 Å². The zero-order valence-corrected chi connectivity index (χ0v) is 16.1. The van der Waals surface area contributed by atoms with Crippen molar-refractivity contribution in [3.8, 4) is 0 Å². The number of hydrogen-bond acceptors (Lipinski definition) is 3. The first-order valence-electron chi connectivity index (χ1n) is 9.11. The van der Waals surface area contributed by atoms with Gasteiger partial charge in [0.15, 0.2) is 0 Å². The number of aryl methyl sites for hydroxylation is 3. The Morgan fingerprint density at radius 2 is 1.60 bits per heavy atom. The monoisotopic (exact) mass is 345 g/mol. The van der Waals surface area contributed by atoms with Crippen LogP contribution in [0.25, 0.3) is 0 Å². The quantitative estimate of drug-likeness (QED) is 0.862. The van der Waals surface area contributed by atoms with Gasteiger partial charge in [-0.1, -0.05) is 31.5 Å². The maximum absolute atomic E-state index is 12.2. The highest BCUT2D eigenvalue weighted by Gasteiger charge is 2.23. The summed E-state index contributed by atoms with van der Waals surface area (Å²) in [4.78, 5) is 26.5. The first-order valence-corrected chi connectivity index (χ1v) is 9.11. The number of carbonyl (C=O) groups is 2. The third-order valence-electron chi connectivity index (χ3n) is 4.70. The summed E-state index contributed by atoms with van der Waals surface area (Å²) in [5, 5.41) is 5.65.